The van der Waals surface area contributed by atoms with Crippen molar-refractivity contribution < 1.29 is 15.0 Å². The van der Waals surface area contributed by atoms with E-state index in [4.69, 9.17) is 11.6 Å². The van der Waals surface area contributed by atoms with Crippen LogP contribution in [-0.4, -0.2) is 74.1 Å². The fourth-order valence-electron chi connectivity index (χ4n) is 5.43. The number of nitrogens with zero attached hydrogens (tertiary/aromatic N) is 7. The lowest BCUT2D eigenvalue weighted by molar-refractivity contribution is -0.132. The minimum Gasteiger partial charge on any atom is -0.391 e. The number of aryl methyl sites for hydroxylation is 3. The number of hydrogen-bond acceptors (Lipinski definition) is 7. The van der Waals surface area contributed by atoms with E-state index in [2.05, 4.69) is 9.97 Å². The molecule has 5 rings (SSSR count). The number of likely N-dealkylation sites (tertiary alicyclic amines) is 1. The van der Waals surface area contributed by atoms with Gasteiger partial charge in [-0.25, -0.2) is 14.8 Å². The molecule has 1 aromatic carbocycles. The normalized spacial score (nSPS) is 22.3. The Balaban J connectivity index is 1.46. The molecule has 0 unspecified atom stereocenters. The zero-order chi connectivity index (χ0) is 27.5. The number of amides is 1. The number of β-amino-alcohol motifs (C(OH)–C–C–N with tert-alkyl or cyclic N) is 1. The number of rotatable bonds is 4. The largest absolute Gasteiger partial charge is 0.391 e. The number of halogens is 1. The van der Waals surface area contributed by atoms with Crippen LogP contribution in [0.5, 0.6) is 0 Å². The summed E-state index contributed by atoms with van der Waals surface area (Å²) in [5.41, 5.74) is -0.579. The van der Waals surface area contributed by atoms with Crippen LogP contribution in [0.15, 0.2) is 34.1 Å². The Morgan fingerprint density at radius 1 is 1.16 bits per heavy atom. The molecule has 3 atom stereocenters. The average molecular weight is 544 g/mol. The number of aromatic nitrogens is 6. The quantitative estimate of drug-likeness (QED) is 0.382. The summed E-state index contributed by atoms with van der Waals surface area (Å²) in [4.78, 5) is 49.2. The highest BCUT2D eigenvalue weighted by Crippen LogP contribution is 2.33. The minimum absolute atomic E-state index is 0.0152. The van der Waals surface area contributed by atoms with Gasteiger partial charge in [-0.05, 0) is 25.1 Å². The van der Waals surface area contributed by atoms with Crippen molar-refractivity contribution in [2.75, 3.05) is 13.1 Å². The van der Waals surface area contributed by atoms with Gasteiger partial charge in [0, 0.05) is 58.5 Å². The third-order valence-electron chi connectivity index (χ3n) is 7.55. The molecule has 1 saturated heterocycles. The van der Waals surface area contributed by atoms with Crippen molar-refractivity contribution in [3.05, 3.63) is 56.2 Å². The molecule has 0 bridgehead atoms. The predicted octanol–water partition coefficient (Wildman–Crippen LogP) is 0.492. The van der Waals surface area contributed by atoms with Gasteiger partial charge in [0.2, 0.25) is 5.91 Å². The number of aliphatic hydroxyl groups excluding tert-OH is 1. The average Bonchev–Trinajstić information content (AvgIpc) is 3.39. The molecule has 202 valence electrons. The molecular formula is C25H30ClN7O5. The van der Waals surface area contributed by atoms with E-state index in [-0.39, 0.29) is 43.0 Å². The van der Waals surface area contributed by atoms with Crippen molar-refractivity contribution in [2.24, 2.45) is 21.1 Å². The van der Waals surface area contributed by atoms with E-state index in [1.165, 1.54) is 34.5 Å². The van der Waals surface area contributed by atoms with E-state index in [1.807, 2.05) is 17.7 Å². The van der Waals surface area contributed by atoms with Crippen molar-refractivity contribution in [1.82, 2.24) is 33.1 Å². The summed E-state index contributed by atoms with van der Waals surface area (Å²) < 4.78 is 5.68. The maximum atomic E-state index is 13.4. The van der Waals surface area contributed by atoms with Crippen molar-refractivity contribution in [2.45, 2.75) is 43.9 Å². The third-order valence-corrected chi connectivity index (χ3v) is 7.79. The summed E-state index contributed by atoms with van der Waals surface area (Å²) in [6.07, 6.45) is 0.909. The molecule has 1 aliphatic heterocycles. The number of imidazole rings is 2. The van der Waals surface area contributed by atoms with Gasteiger partial charge >= 0.3 is 5.69 Å². The van der Waals surface area contributed by atoms with Gasteiger partial charge in [-0.15, -0.1) is 0 Å². The molecule has 1 amide bonds. The molecule has 13 heteroatoms. The molecule has 4 aromatic rings. The first-order chi connectivity index (χ1) is 17.9. The van der Waals surface area contributed by atoms with Crippen LogP contribution in [0.1, 0.15) is 31.6 Å². The molecule has 1 fully saturated rings. The summed E-state index contributed by atoms with van der Waals surface area (Å²) in [5, 5.41) is 22.7. The van der Waals surface area contributed by atoms with Crippen LogP contribution >= 0.6 is 11.6 Å². The van der Waals surface area contributed by atoms with Gasteiger partial charge in [0.15, 0.2) is 11.2 Å². The zero-order valence-corrected chi connectivity index (χ0v) is 22.4. The van der Waals surface area contributed by atoms with Gasteiger partial charge < -0.3 is 24.2 Å². The van der Waals surface area contributed by atoms with E-state index in [9.17, 15) is 24.6 Å². The minimum atomic E-state index is -1.47. The topological polar surface area (TPSA) is 140 Å². The Morgan fingerprint density at radius 2 is 1.89 bits per heavy atom. The van der Waals surface area contributed by atoms with E-state index in [0.29, 0.717) is 11.4 Å². The summed E-state index contributed by atoms with van der Waals surface area (Å²) in [6, 6.07) is 4.64. The number of fused-ring (bicyclic) bond motifs is 2. The Kier molecular flexibility index (Phi) is 6.44. The molecule has 2 N–H and O–H groups in total. The first-order valence-electron chi connectivity index (χ1n) is 12.3. The first kappa shape index (κ1) is 26.1. The van der Waals surface area contributed by atoms with Gasteiger partial charge in [0.05, 0.1) is 35.1 Å². The van der Waals surface area contributed by atoms with Crippen LogP contribution in [0.3, 0.4) is 0 Å². The summed E-state index contributed by atoms with van der Waals surface area (Å²) in [7, 11) is 4.77. The van der Waals surface area contributed by atoms with Gasteiger partial charge in [0.25, 0.3) is 5.56 Å². The lowest BCUT2D eigenvalue weighted by Crippen LogP contribution is -2.44. The summed E-state index contributed by atoms with van der Waals surface area (Å²) in [5.74, 6) is 0.501. The van der Waals surface area contributed by atoms with Gasteiger partial charge in [-0.1, -0.05) is 11.6 Å². The number of benzene rings is 1. The molecule has 1 aliphatic rings. The molecule has 0 radical (unpaired) electrons. The van der Waals surface area contributed by atoms with Crippen LogP contribution in [0, 0.1) is 0 Å². The Morgan fingerprint density at radius 3 is 2.63 bits per heavy atom. The standard InChI is InChI=1S/C25H30ClN7O5/c1-25(38)10-15(34)11-32(20(35)8-7-19-28-16-9-14(26)5-6-17(16)29(19)2)12-18(25)33-13-27-22-21(33)23(36)31(4)24(37)30(22)3/h5-6,9,13,15,18,34,38H,7-8,10-12H2,1-4H3/t15-,18+,25+/m0/s1. The third kappa shape index (κ3) is 4.32. The number of aliphatic hydroxyl groups is 2. The smallest absolute Gasteiger partial charge is 0.332 e. The molecule has 12 nitrogen and oxygen atoms in total. The Bertz CT molecular complexity index is 1680. The zero-order valence-electron chi connectivity index (χ0n) is 21.6. The lowest BCUT2D eigenvalue weighted by Gasteiger charge is -2.34. The predicted molar refractivity (Wildman–Crippen MR) is 141 cm³/mol. The van der Waals surface area contributed by atoms with Crippen LogP contribution in [0.2, 0.25) is 5.02 Å². The fourth-order valence-corrected chi connectivity index (χ4v) is 5.59. The Labute approximate surface area is 222 Å². The highest BCUT2D eigenvalue weighted by atomic mass is 35.5. The van der Waals surface area contributed by atoms with Crippen LogP contribution in [0.4, 0.5) is 0 Å². The molecule has 0 saturated carbocycles. The van der Waals surface area contributed by atoms with E-state index >= 15 is 0 Å². The maximum Gasteiger partial charge on any atom is 0.332 e. The van der Waals surface area contributed by atoms with Gasteiger partial charge in [-0.3, -0.25) is 18.7 Å². The molecule has 38 heavy (non-hydrogen) atoms. The monoisotopic (exact) mass is 543 g/mol. The van der Waals surface area contributed by atoms with E-state index < -0.39 is 29.0 Å². The SMILES string of the molecule is Cn1c(=O)c2c(ncn2[C@@H]2CN(C(=O)CCc3nc4cc(Cl)ccc4n3C)C[C@@H](O)C[C@@]2(C)O)n(C)c1=O. The summed E-state index contributed by atoms with van der Waals surface area (Å²) >= 11 is 6.09. The molecule has 3 aromatic heterocycles. The molecular weight excluding hydrogens is 514 g/mol. The fraction of sp³-hybridized carbons (Fsp3) is 0.480. The number of carbonyl (C=O) groups is 1. The number of carbonyl (C=O) groups excluding carboxylic acids is 1. The van der Waals surface area contributed by atoms with Gasteiger partial charge in [-0.2, -0.15) is 0 Å². The van der Waals surface area contributed by atoms with Crippen LogP contribution < -0.4 is 11.2 Å². The Hall–Kier alpha value is -3.48. The van der Waals surface area contributed by atoms with Crippen molar-refractivity contribution in [1.29, 1.82) is 0 Å². The highest BCUT2D eigenvalue weighted by molar-refractivity contribution is 6.31. The highest BCUT2D eigenvalue weighted by Gasteiger charge is 2.42. The summed E-state index contributed by atoms with van der Waals surface area (Å²) in [6.45, 7) is 1.64. The molecule has 4 heterocycles. The molecule has 0 aliphatic carbocycles. The first-order valence-corrected chi connectivity index (χ1v) is 12.7. The number of hydrogen-bond donors (Lipinski definition) is 2. The second-order valence-corrected chi connectivity index (χ2v) is 10.7. The van der Waals surface area contributed by atoms with Gasteiger partial charge in [0.1, 0.15) is 5.82 Å². The van der Waals surface area contributed by atoms with Crippen LogP contribution in [0.25, 0.3) is 22.2 Å². The van der Waals surface area contributed by atoms with Crippen molar-refractivity contribution >= 4 is 39.7 Å². The van der Waals surface area contributed by atoms with E-state index in [0.717, 1.165) is 21.4 Å². The lowest BCUT2D eigenvalue weighted by atomic mass is 9.91. The second-order valence-electron chi connectivity index (χ2n) is 10.3. The van der Waals surface area contributed by atoms with Crippen LogP contribution in [-0.2, 0) is 32.4 Å². The van der Waals surface area contributed by atoms with E-state index in [1.54, 1.807) is 19.1 Å². The second kappa shape index (κ2) is 9.37. The van der Waals surface area contributed by atoms with Crippen molar-refractivity contribution in [3.63, 3.8) is 0 Å². The maximum absolute atomic E-state index is 13.4. The molecule has 0 spiro atoms. The van der Waals surface area contributed by atoms with Crippen molar-refractivity contribution in [3.8, 4) is 0 Å².